The van der Waals surface area contributed by atoms with E-state index in [2.05, 4.69) is 11.4 Å². The van der Waals surface area contributed by atoms with Gasteiger partial charge in [0.2, 0.25) is 0 Å². The number of piperidine rings is 1. The van der Waals surface area contributed by atoms with E-state index in [1.165, 1.54) is 48.8 Å². The van der Waals surface area contributed by atoms with Crippen LogP contribution in [-0.4, -0.2) is 26.8 Å². The van der Waals surface area contributed by atoms with Crippen molar-refractivity contribution in [2.45, 2.75) is 57.4 Å². The Morgan fingerprint density at radius 2 is 1.86 bits per heavy atom. The first-order chi connectivity index (χ1) is 10.3. The summed E-state index contributed by atoms with van der Waals surface area (Å²) in [5.41, 5.74) is 4.09. The van der Waals surface area contributed by atoms with Gasteiger partial charge in [0, 0.05) is 17.2 Å². The number of fused-ring (bicyclic) bond motifs is 1. The van der Waals surface area contributed by atoms with E-state index in [-0.39, 0.29) is 0 Å². The van der Waals surface area contributed by atoms with Crippen molar-refractivity contribution in [3.05, 3.63) is 22.8 Å². The number of hydrogen-bond acceptors (Lipinski definition) is 3. The molecule has 0 amide bonds. The zero-order valence-electron chi connectivity index (χ0n) is 13.3. The molecule has 21 heavy (non-hydrogen) atoms. The van der Waals surface area contributed by atoms with Gasteiger partial charge in [-0.3, -0.25) is 0 Å². The smallest absolute Gasteiger partial charge is 0.125 e. The lowest BCUT2D eigenvalue weighted by Crippen LogP contribution is -2.35. The van der Waals surface area contributed by atoms with Gasteiger partial charge < -0.3 is 14.8 Å². The molecule has 1 aromatic rings. The first kappa shape index (κ1) is 14.7. The van der Waals surface area contributed by atoms with E-state index in [0.29, 0.717) is 6.04 Å². The lowest BCUT2D eigenvalue weighted by molar-refractivity contribution is 0.369. The van der Waals surface area contributed by atoms with Crippen LogP contribution in [0.4, 0.5) is 0 Å². The van der Waals surface area contributed by atoms with E-state index in [1.807, 2.05) is 7.11 Å². The molecule has 1 aromatic carbocycles. The van der Waals surface area contributed by atoms with Crippen molar-refractivity contribution in [3.63, 3.8) is 0 Å². The number of nitrogens with one attached hydrogen (secondary N) is 1. The average molecular weight is 289 g/mol. The third-order valence-electron chi connectivity index (χ3n) is 4.94. The van der Waals surface area contributed by atoms with Gasteiger partial charge in [0.25, 0.3) is 0 Å². The zero-order chi connectivity index (χ0) is 14.7. The molecule has 1 saturated heterocycles. The van der Waals surface area contributed by atoms with Gasteiger partial charge in [-0.2, -0.15) is 0 Å². The van der Waals surface area contributed by atoms with Gasteiger partial charge >= 0.3 is 0 Å². The Labute approximate surface area is 128 Å². The first-order valence-corrected chi connectivity index (χ1v) is 8.32. The molecule has 3 heteroatoms. The molecule has 0 spiro atoms. The van der Waals surface area contributed by atoms with Crippen molar-refractivity contribution in [1.29, 1.82) is 0 Å². The predicted octanol–water partition coefficient (Wildman–Crippen LogP) is 3.27. The van der Waals surface area contributed by atoms with Crippen LogP contribution in [0.15, 0.2) is 6.07 Å². The van der Waals surface area contributed by atoms with Crippen LogP contribution in [0.2, 0.25) is 0 Å². The molecule has 0 saturated carbocycles. The van der Waals surface area contributed by atoms with E-state index >= 15 is 0 Å². The quantitative estimate of drug-likeness (QED) is 0.923. The van der Waals surface area contributed by atoms with Gasteiger partial charge in [-0.05, 0) is 63.1 Å². The van der Waals surface area contributed by atoms with Crippen LogP contribution < -0.4 is 14.8 Å². The van der Waals surface area contributed by atoms with Crippen LogP contribution >= 0.6 is 0 Å². The summed E-state index contributed by atoms with van der Waals surface area (Å²) in [6.07, 6.45) is 9.73. The monoisotopic (exact) mass is 289 g/mol. The minimum atomic E-state index is 0.582. The maximum absolute atomic E-state index is 5.80. The van der Waals surface area contributed by atoms with Crippen molar-refractivity contribution in [3.8, 4) is 11.5 Å². The molecule has 0 aromatic heterocycles. The fraction of sp³-hybridized carbons (Fsp3) is 0.667. The summed E-state index contributed by atoms with van der Waals surface area (Å²) >= 11 is 0. The standard InChI is InChI=1S/C18H27NO2/c1-20-17-12-13(11-14-7-5-6-10-19-14)18(21-2)16-9-4-3-8-15(16)17/h12,14,19H,3-11H2,1-2H3. The fourth-order valence-electron chi connectivity index (χ4n) is 3.88. The average Bonchev–Trinajstić information content (AvgIpc) is 2.55. The van der Waals surface area contributed by atoms with Crippen molar-refractivity contribution < 1.29 is 9.47 Å². The number of methoxy groups -OCH3 is 2. The molecule has 0 bridgehead atoms. The molecule has 3 nitrogen and oxygen atoms in total. The highest BCUT2D eigenvalue weighted by Crippen LogP contribution is 2.39. The molecule has 1 N–H and O–H groups in total. The Morgan fingerprint density at radius 1 is 1.05 bits per heavy atom. The summed E-state index contributed by atoms with van der Waals surface area (Å²) in [5.74, 6) is 2.19. The Morgan fingerprint density at radius 3 is 2.52 bits per heavy atom. The Balaban J connectivity index is 1.94. The maximum atomic E-state index is 5.80. The fourth-order valence-corrected chi connectivity index (χ4v) is 3.88. The van der Waals surface area contributed by atoms with Crippen LogP contribution in [0.3, 0.4) is 0 Å². The first-order valence-electron chi connectivity index (χ1n) is 8.32. The summed E-state index contributed by atoms with van der Waals surface area (Å²) in [6.45, 7) is 1.15. The third kappa shape index (κ3) is 3.03. The van der Waals surface area contributed by atoms with Crippen molar-refractivity contribution in [2.75, 3.05) is 20.8 Å². The highest BCUT2D eigenvalue weighted by atomic mass is 16.5. The lowest BCUT2D eigenvalue weighted by atomic mass is 9.86. The van der Waals surface area contributed by atoms with Gasteiger partial charge in [0.05, 0.1) is 14.2 Å². The van der Waals surface area contributed by atoms with Crippen molar-refractivity contribution >= 4 is 0 Å². The summed E-state index contributed by atoms with van der Waals surface area (Å²) < 4.78 is 11.5. The second-order valence-electron chi connectivity index (χ2n) is 6.29. The van der Waals surface area contributed by atoms with Gasteiger partial charge in [-0.25, -0.2) is 0 Å². The molecule has 1 atom stereocenters. The minimum Gasteiger partial charge on any atom is -0.496 e. The molecule has 1 fully saturated rings. The van der Waals surface area contributed by atoms with Crippen LogP contribution in [0.25, 0.3) is 0 Å². The second kappa shape index (κ2) is 6.69. The predicted molar refractivity (Wildman–Crippen MR) is 85.5 cm³/mol. The number of benzene rings is 1. The van der Waals surface area contributed by atoms with E-state index < -0.39 is 0 Å². The molecule has 0 radical (unpaired) electrons. The van der Waals surface area contributed by atoms with Gasteiger partial charge in [0.15, 0.2) is 0 Å². The summed E-state index contributed by atoms with van der Waals surface area (Å²) in [5, 5.41) is 3.64. The van der Waals surface area contributed by atoms with Gasteiger partial charge in [-0.1, -0.05) is 6.42 Å². The highest BCUT2D eigenvalue weighted by molar-refractivity contribution is 5.55. The molecule has 3 rings (SSSR count). The summed E-state index contributed by atoms with van der Waals surface area (Å²) in [4.78, 5) is 0. The summed E-state index contributed by atoms with van der Waals surface area (Å²) in [6, 6.07) is 2.80. The molecular weight excluding hydrogens is 262 g/mol. The van der Waals surface area contributed by atoms with Crippen LogP contribution in [0.1, 0.15) is 48.8 Å². The van der Waals surface area contributed by atoms with Gasteiger partial charge in [-0.15, -0.1) is 0 Å². The van der Waals surface area contributed by atoms with Crippen LogP contribution in [0, 0.1) is 0 Å². The van der Waals surface area contributed by atoms with Crippen molar-refractivity contribution in [1.82, 2.24) is 5.32 Å². The molecule has 2 aliphatic rings. The topological polar surface area (TPSA) is 30.5 Å². The molecule has 1 aliphatic carbocycles. The third-order valence-corrected chi connectivity index (χ3v) is 4.94. The molecule has 1 aliphatic heterocycles. The van der Waals surface area contributed by atoms with Gasteiger partial charge in [0.1, 0.15) is 11.5 Å². The summed E-state index contributed by atoms with van der Waals surface area (Å²) in [7, 11) is 3.60. The van der Waals surface area contributed by atoms with E-state index in [1.54, 1.807) is 7.11 Å². The minimum absolute atomic E-state index is 0.582. The molecule has 1 heterocycles. The lowest BCUT2D eigenvalue weighted by Gasteiger charge is -2.27. The number of hydrogen-bond donors (Lipinski definition) is 1. The van der Waals surface area contributed by atoms with Crippen LogP contribution in [-0.2, 0) is 19.3 Å². The zero-order valence-corrected chi connectivity index (χ0v) is 13.3. The highest BCUT2D eigenvalue weighted by Gasteiger charge is 2.23. The Bertz CT molecular complexity index is 492. The van der Waals surface area contributed by atoms with Crippen molar-refractivity contribution in [2.24, 2.45) is 0 Å². The van der Waals surface area contributed by atoms with Crippen LogP contribution in [0.5, 0.6) is 11.5 Å². The largest absolute Gasteiger partial charge is 0.496 e. The second-order valence-corrected chi connectivity index (χ2v) is 6.29. The van der Waals surface area contributed by atoms with E-state index in [9.17, 15) is 0 Å². The SMILES string of the molecule is COc1cc(CC2CCCCN2)c(OC)c2c1CCCC2. The van der Waals surface area contributed by atoms with E-state index in [4.69, 9.17) is 9.47 Å². The van der Waals surface area contributed by atoms with E-state index in [0.717, 1.165) is 37.3 Å². The maximum Gasteiger partial charge on any atom is 0.125 e. The molecular formula is C18H27NO2. The number of rotatable bonds is 4. The molecule has 1 unspecified atom stereocenters. The Kier molecular flexibility index (Phi) is 4.69. The molecule has 116 valence electrons. The normalized spacial score (nSPS) is 21.7. The Hall–Kier alpha value is -1.22. The number of ether oxygens (including phenoxy) is 2.